The van der Waals surface area contributed by atoms with Crippen LogP contribution in [0.1, 0.15) is 54.8 Å². The molecule has 2 amide bonds. The number of aryl methyl sites for hydroxylation is 1. The van der Waals surface area contributed by atoms with Crippen LogP contribution in [0.15, 0.2) is 18.2 Å². The van der Waals surface area contributed by atoms with Crippen molar-refractivity contribution in [3.05, 3.63) is 34.9 Å². The van der Waals surface area contributed by atoms with Crippen molar-refractivity contribution < 1.29 is 14.7 Å². The van der Waals surface area contributed by atoms with Gasteiger partial charge in [0.05, 0.1) is 12.6 Å². The zero-order chi connectivity index (χ0) is 18.0. The monoisotopic (exact) mass is 344 g/mol. The summed E-state index contributed by atoms with van der Waals surface area (Å²) in [5.74, 6) is -0.317. The van der Waals surface area contributed by atoms with E-state index in [0.29, 0.717) is 12.6 Å². The van der Waals surface area contributed by atoms with Crippen molar-refractivity contribution in [2.45, 2.75) is 58.1 Å². The lowest BCUT2D eigenvalue weighted by Gasteiger charge is -2.38. The molecule has 0 aromatic heterocycles. The van der Waals surface area contributed by atoms with Gasteiger partial charge in [0, 0.05) is 25.4 Å². The number of hydrogen-bond donors (Lipinski definition) is 1. The molecule has 3 rings (SSSR count). The third-order valence-corrected chi connectivity index (χ3v) is 5.61. The van der Waals surface area contributed by atoms with Gasteiger partial charge in [0.1, 0.15) is 0 Å². The minimum absolute atomic E-state index is 0.119. The summed E-state index contributed by atoms with van der Waals surface area (Å²) < 4.78 is 0. The Hall–Kier alpha value is -1.72. The van der Waals surface area contributed by atoms with Gasteiger partial charge in [-0.3, -0.25) is 19.4 Å². The van der Waals surface area contributed by atoms with Crippen LogP contribution in [0.5, 0.6) is 0 Å². The first kappa shape index (κ1) is 18.1. The van der Waals surface area contributed by atoms with E-state index in [9.17, 15) is 14.7 Å². The fraction of sp³-hybridized carbons (Fsp3) is 0.600. The van der Waals surface area contributed by atoms with Crippen LogP contribution in [0, 0.1) is 13.8 Å². The zero-order valence-electron chi connectivity index (χ0n) is 15.2. The molecule has 2 aliphatic rings. The van der Waals surface area contributed by atoms with Gasteiger partial charge >= 0.3 is 0 Å². The van der Waals surface area contributed by atoms with Crippen LogP contribution in [0.4, 0.5) is 0 Å². The van der Waals surface area contributed by atoms with E-state index in [4.69, 9.17) is 0 Å². The fourth-order valence-corrected chi connectivity index (χ4v) is 4.06. The van der Waals surface area contributed by atoms with Gasteiger partial charge in [-0.05, 0) is 49.9 Å². The normalized spacial score (nSPS) is 23.3. The highest BCUT2D eigenvalue weighted by Crippen LogP contribution is 2.33. The molecule has 5 heteroatoms. The molecule has 1 N–H and O–H groups in total. The lowest BCUT2D eigenvalue weighted by Crippen LogP contribution is -2.44. The van der Waals surface area contributed by atoms with Gasteiger partial charge in [0.25, 0.3) is 0 Å². The second-order valence-electron chi connectivity index (χ2n) is 7.35. The first-order valence-electron chi connectivity index (χ1n) is 9.29. The second kappa shape index (κ2) is 7.67. The molecule has 0 spiro atoms. The molecule has 0 radical (unpaired) electrons. The van der Waals surface area contributed by atoms with E-state index >= 15 is 0 Å². The fourth-order valence-electron chi connectivity index (χ4n) is 4.06. The highest BCUT2D eigenvalue weighted by Gasteiger charge is 2.32. The zero-order valence-corrected chi connectivity index (χ0v) is 15.2. The summed E-state index contributed by atoms with van der Waals surface area (Å²) in [4.78, 5) is 27.1. The molecule has 2 aliphatic heterocycles. The predicted octanol–water partition coefficient (Wildman–Crippen LogP) is 2.34. The molecule has 1 aromatic rings. The van der Waals surface area contributed by atoms with Crippen LogP contribution in [0.3, 0.4) is 0 Å². The van der Waals surface area contributed by atoms with Crippen molar-refractivity contribution in [2.75, 3.05) is 19.6 Å². The van der Waals surface area contributed by atoms with Gasteiger partial charge in [0.2, 0.25) is 11.8 Å². The van der Waals surface area contributed by atoms with Crippen LogP contribution in [-0.4, -0.2) is 52.5 Å². The van der Waals surface area contributed by atoms with Crippen LogP contribution in [0.25, 0.3) is 0 Å². The molecular weight excluding hydrogens is 316 g/mol. The number of piperidine rings is 1. The maximum absolute atomic E-state index is 11.8. The molecule has 0 saturated carbocycles. The molecule has 0 aliphatic carbocycles. The first-order valence-corrected chi connectivity index (χ1v) is 9.29. The van der Waals surface area contributed by atoms with E-state index in [-0.39, 0.29) is 31.2 Å². The summed E-state index contributed by atoms with van der Waals surface area (Å²) in [6.07, 6.45) is 3.25. The minimum Gasteiger partial charge on any atom is -0.390 e. The van der Waals surface area contributed by atoms with Gasteiger partial charge < -0.3 is 5.11 Å². The Morgan fingerprint density at radius 3 is 2.56 bits per heavy atom. The standard InChI is InChI=1S/C20H28N2O3/c1-14-6-5-7-17(15(14)2)18-8-3-4-11-21(18)12-16(23)13-22-19(24)9-10-20(22)25/h5-7,16,18,23H,3-4,8-13H2,1-2H3/t16-,18+/m0/s1. The average molecular weight is 344 g/mol. The van der Waals surface area contributed by atoms with Crippen molar-refractivity contribution in [1.82, 2.24) is 9.80 Å². The van der Waals surface area contributed by atoms with Crippen LogP contribution in [0.2, 0.25) is 0 Å². The lowest BCUT2D eigenvalue weighted by atomic mass is 9.90. The number of imide groups is 1. The van der Waals surface area contributed by atoms with Crippen molar-refractivity contribution in [1.29, 1.82) is 0 Å². The summed E-state index contributed by atoms with van der Waals surface area (Å²) >= 11 is 0. The number of aliphatic hydroxyl groups excluding tert-OH is 1. The second-order valence-corrected chi connectivity index (χ2v) is 7.35. The van der Waals surface area contributed by atoms with Gasteiger partial charge in [0.15, 0.2) is 0 Å². The summed E-state index contributed by atoms with van der Waals surface area (Å²) in [5, 5.41) is 10.5. The highest BCUT2D eigenvalue weighted by molar-refractivity contribution is 6.01. The van der Waals surface area contributed by atoms with Crippen LogP contribution in [-0.2, 0) is 9.59 Å². The smallest absolute Gasteiger partial charge is 0.229 e. The number of amides is 2. The lowest BCUT2D eigenvalue weighted by molar-refractivity contribution is -0.140. The number of β-amino-alcohol motifs (C(OH)–C–C–N with tert-alkyl or cyclic N) is 1. The van der Waals surface area contributed by atoms with E-state index in [2.05, 4.69) is 36.9 Å². The summed E-state index contributed by atoms with van der Waals surface area (Å²) in [6.45, 7) is 5.85. The highest BCUT2D eigenvalue weighted by atomic mass is 16.3. The van der Waals surface area contributed by atoms with Gasteiger partial charge in [-0.25, -0.2) is 0 Å². The molecule has 0 bridgehead atoms. The number of benzene rings is 1. The molecule has 136 valence electrons. The van der Waals surface area contributed by atoms with Crippen molar-refractivity contribution in [3.63, 3.8) is 0 Å². The SMILES string of the molecule is Cc1cccc([C@H]2CCCCN2C[C@H](O)CN2C(=O)CCC2=O)c1C. The number of carbonyl (C=O) groups is 2. The maximum Gasteiger partial charge on any atom is 0.229 e. The number of rotatable bonds is 5. The number of hydrogen-bond acceptors (Lipinski definition) is 4. The van der Waals surface area contributed by atoms with Gasteiger partial charge in [-0.1, -0.05) is 24.6 Å². The number of carbonyl (C=O) groups excluding carboxylic acids is 2. The molecule has 0 unspecified atom stereocenters. The maximum atomic E-state index is 11.8. The van der Waals surface area contributed by atoms with E-state index in [1.807, 2.05) is 0 Å². The summed E-state index contributed by atoms with van der Waals surface area (Å²) in [7, 11) is 0. The minimum atomic E-state index is -0.697. The number of aliphatic hydroxyl groups is 1. The Balaban J connectivity index is 1.70. The molecule has 1 aromatic carbocycles. The van der Waals surface area contributed by atoms with Gasteiger partial charge in [-0.2, -0.15) is 0 Å². The quantitative estimate of drug-likeness (QED) is 0.833. The average Bonchev–Trinajstić information content (AvgIpc) is 2.90. The third-order valence-electron chi connectivity index (χ3n) is 5.61. The topological polar surface area (TPSA) is 60.9 Å². The van der Waals surface area contributed by atoms with E-state index in [1.165, 1.54) is 28.0 Å². The largest absolute Gasteiger partial charge is 0.390 e. The summed E-state index contributed by atoms with van der Waals surface area (Å²) in [6, 6.07) is 6.72. The van der Waals surface area contributed by atoms with Crippen molar-refractivity contribution in [2.24, 2.45) is 0 Å². The van der Waals surface area contributed by atoms with Crippen molar-refractivity contribution >= 4 is 11.8 Å². The number of nitrogens with zero attached hydrogens (tertiary/aromatic N) is 2. The summed E-state index contributed by atoms with van der Waals surface area (Å²) in [5.41, 5.74) is 3.94. The van der Waals surface area contributed by atoms with E-state index < -0.39 is 6.10 Å². The van der Waals surface area contributed by atoms with Gasteiger partial charge in [-0.15, -0.1) is 0 Å². The third kappa shape index (κ3) is 3.93. The Labute approximate surface area is 149 Å². The molecular formula is C20H28N2O3. The Morgan fingerprint density at radius 2 is 1.84 bits per heavy atom. The number of likely N-dealkylation sites (tertiary alicyclic amines) is 2. The first-order chi connectivity index (χ1) is 12.0. The molecule has 2 atom stereocenters. The Kier molecular flexibility index (Phi) is 5.54. The van der Waals surface area contributed by atoms with Crippen LogP contribution >= 0.6 is 0 Å². The Bertz CT molecular complexity index is 642. The molecule has 5 nitrogen and oxygen atoms in total. The predicted molar refractivity (Wildman–Crippen MR) is 96.0 cm³/mol. The van der Waals surface area contributed by atoms with E-state index in [0.717, 1.165) is 19.4 Å². The molecule has 25 heavy (non-hydrogen) atoms. The van der Waals surface area contributed by atoms with Crippen molar-refractivity contribution in [3.8, 4) is 0 Å². The Morgan fingerprint density at radius 1 is 1.12 bits per heavy atom. The molecule has 2 heterocycles. The molecule has 2 saturated heterocycles. The molecule has 2 fully saturated rings. The van der Waals surface area contributed by atoms with E-state index in [1.54, 1.807) is 0 Å². The van der Waals surface area contributed by atoms with Crippen LogP contribution < -0.4 is 0 Å².